The van der Waals surface area contributed by atoms with E-state index in [0.717, 1.165) is 0 Å². The smallest absolute Gasteiger partial charge is 0.284 e. The summed E-state index contributed by atoms with van der Waals surface area (Å²) in [5.74, 6) is -0.347. The van der Waals surface area contributed by atoms with Crippen molar-refractivity contribution in [3.63, 3.8) is 0 Å². The van der Waals surface area contributed by atoms with Crippen molar-refractivity contribution in [2.24, 2.45) is 0 Å². The zero-order chi connectivity index (χ0) is 13.7. The summed E-state index contributed by atoms with van der Waals surface area (Å²) in [6.45, 7) is 5.42. The maximum Gasteiger partial charge on any atom is 0.284 e. The van der Waals surface area contributed by atoms with Crippen molar-refractivity contribution in [2.45, 2.75) is 19.4 Å². The van der Waals surface area contributed by atoms with Gasteiger partial charge in [0.25, 0.3) is 11.6 Å². The van der Waals surface area contributed by atoms with Crippen LogP contribution < -0.4 is 5.32 Å². The van der Waals surface area contributed by atoms with E-state index in [-0.39, 0.29) is 27.7 Å². The van der Waals surface area contributed by atoms with Crippen LogP contribution in [0.3, 0.4) is 0 Å². The third-order valence-electron chi connectivity index (χ3n) is 2.32. The van der Waals surface area contributed by atoms with Crippen LogP contribution in [0.15, 0.2) is 35.3 Å². The van der Waals surface area contributed by atoms with Crippen molar-refractivity contribution in [1.82, 2.24) is 5.32 Å². The number of carbonyl (C=O) groups excluding carboxylic acids is 1. The van der Waals surface area contributed by atoms with Gasteiger partial charge in [-0.25, -0.2) is 0 Å². The average molecular weight is 313 g/mol. The van der Waals surface area contributed by atoms with Crippen molar-refractivity contribution in [3.05, 3.63) is 51.0 Å². The van der Waals surface area contributed by atoms with Crippen LogP contribution in [0.2, 0.25) is 0 Å². The zero-order valence-electron chi connectivity index (χ0n) is 9.85. The lowest BCUT2D eigenvalue weighted by molar-refractivity contribution is -0.385. The third-order valence-corrected chi connectivity index (χ3v) is 3.15. The number of benzene rings is 1. The Bertz CT molecular complexity index is 488. The van der Waals surface area contributed by atoms with Gasteiger partial charge >= 0.3 is 0 Å². The summed E-state index contributed by atoms with van der Waals surface area (Å²) in [5.41, 5.74) is 0.124. The van der Waals surface area contributed by atoms with E-state index in [1.54, 1.807) is 6.08 Å². The lowest BCUT2D eigenvalue weighted by Gasteiger charge is -2.12. The summed E-state index contributed by atoms with van der Waals surface area (Å²) < 4.78 is 0.193. The molecule has 1 N–H and O–H groups in total. The fourth-order valence-electron chi connectivity index (χ4n) is 1.45. The molecule has 0 aromatic heterocycles. The molecule has 1 atom stereocenters. The lowest BCUT2D eigenvalue weighted by atomic mass is 10.1. The molecule has 1 amide bonds. The normalized spacial score (nSPS) is 11.7. The predicted octanol–water partition coefficient (Wildman–Crippen LogP) is 3.05. The van der Waals surface area contributed by atoms with Crippen molar-refractivity contribution in [1.29, 1.82) is 0 Å². The third kappa shape index (κ3) is 3.40. The van der Waals surface area contributed by atoms with Crippen LogP contribution in [0.25, 0.3) is 0 Å². The molecular formula is C12H13BrN2O3. The first-order chi connectivity index (χ1) is 8.47. The lowest BCUT2D eigenvalue weighted by Crippen LogP contribution is -2.32. The fourth-order valence-corrected chi connectivity index (χ4v) is 2.04. The number of nitro groups is 1. The molecule has 1 rings (SSSR count). The number of amides is 1. The number of carbonyl (C=O) groups is 1. The van der Waals surface area contributed by atoms with Crippen LogP contribution in [0, 0.1) is 10.1 Å². The van der Waals surface area contributed by atoms with Gasteiger partial charge in [-0.3, -0.25) is 14.9 Å². The van der Waals surface area contributed by atoms with Gasteiger partial charge in [-0.2, -0.15) is 0 Å². The Kier molecular flexibility index (Phi) is 5.03. The van der Waals surface area contributed by atoms with Crippen molar-refractivity contribution >= 4 is 27.5 Å². The summed E-state index contributed by atoms with van der Waals surface area (Å²) in [6.07, 6.45) is 2.34. The minimum atomic E-state index is -0.534. The van der Waals surface area contributed by atoms with Crippen LogP contribution in [0.5, 0.6) is 0 Å². The molecule has 1 unspecified atom stereocenters. The second-order valence-corrected chi connectivity index (χ2v) is 4.59. The number of nitro benzene ring substituents is 1. The molecule has 96 valence electrons. The van der Waals surface area contributed by atoms with Crippen LogP contribution >= 0.6 is 15.9 Å². The second-order valence-electron chi connectivity index (χ2n) is 3.79. The monoisotopic (exact) mass is 312 g/mol. The van der Waals surface area contributed by atoms with Gasteiger partial charge in [0.15, 0.2) is 0 Å². The highest BCUT2D eigenvalue weighted by molar-refractivity contribution is 9.10. The number of hydrogen-bond donors (Lipinski definition) is 1. The number of nitrogens with zero attached hydrogens (tertiary/aromatic N) is 1. The summed E-state index contributed by atoms with van der Waals surface area (Å²) in [6, 6.07) is 4.29. The molecule has 1 aromatic rings. The van der Waals surface area contributed by atoms with Crippen molar-refractivity contribution in [2.75, 3.05) is 0 Å². The van der Waals surface area contributed by atoms with Gasteiger partial charge in [0, 0.05) is 12.1 Å². The first-order valence-electron chi connectivity index (χ1n) is 5.32. The minimum absolute atomic E-state index is 0.0684. The van der Waals surface area contributed by atoms with Gasteiger partial charge < -0.3 is 5.32 Å². The van der Waals surface area contributed by atoms with E-state index in [1.807, 2.05) is 6.92 Å². The molecule has 5 nitrogen and oxygen atoms in total. The molecule has 1 aromatic carbocycles. The largest absolute Gasteiger partial charge is 0.349 e. The first-order valence-corrected chi connectivity index (χ1v) is 6.11. The van der Waals surface area contributed by atoms with Crippen LogP contribution in [-0.4, -0.2) is 16.9 Å². The van der Waals surface area contributed by atoms with Crippen molar-refractivity contribution in [3.8, 4) is 0 Å². The molecule has 0 saturated carbocycles. The predicted molar refractivity (Wildman–Crippen MR) is 72.5 cm³/mol. The Labute approximate surface area is 113 Å². The minimum Gasteiger partial charge on any atom is -0.349 e. The summed E-state index contributed by atoms with van der Waals surface area (Å²) in [7, 11) is 0. The molecule has 0 heterocycles. The summed E-state index contributed by atoms with van der Waals surface area (Å²) in [4.78, 5) is 22.1. The van der Waals surface area contributed by atoms with Crippen molar-refractivity contribution < 1.29 is 9.72 Å². The molecule has 0 aliphatic heterocycles. The van der Waals surface area contributed by atoms with Gasteiger partial charge in [-0.15, -0.1) is 6.58 Å². The number of halogens is 1. The van der Waals surface area contributed by atoms with Gasteiger partial charge in [0.05, 0.1) is 10.5 Å². The first kappa shape index (κ1) is 14.4. The second kappa shape index (κ2) is 6.30. The fraction of sp³-hybridized carbons (Fsp3) is 0.250. The van der Waals surface area contributed by atoms with E-state index >= 15 is 0 Å². The standard InChI is InChI=1S/C12H13BrN2O3/c1-3-5-8(2)14-12(16)9-6-4-7-10(11(9)13)15(17)18/h3-4,6-8H,1,5H2,2H3,(H,14,16). The molecule has 0 saturated heterocycles. The van der Waals surface area contributed by atoms with Gasteiger partial charge in [0.2, 0.25) is 0 Å². The Morgan fingerprint density at radius 2 is 2.33 bits per heavy atom. The Morgan fingerprint density at radius 1 is 1.67 bits per heavy atom. The Hall–Kier alpha value is -1.69. The van der Waals surface area contributed by atoms with E-state index in [1.165, 1.54) is 18.2 Å². The summed E-state index contributed by atoms with van der Waals surface area (Å²) in [5, 5.41) is 13.5. The van der Waals surface area contributed by atoms with Crippen LogP contribution in [0.1, 0.15) is 23.7 Å². The van der Waals surface area contributed by atoms with Gasteiger partial charge in [-0.05, 0) is 35.3 Å². The van der Waals surface area contributed by atoms with Gasteiger partial charge in [0.1, 0.15) is 4.47 Å². The molecule has 0 bridgehead atoms. The zero-order valence-corrected chi connectivity index (χ0v) is 11.4. The van der Waals surface area contributed by atoms with E-state index in [0.29, 0.717) is 6.42 Å². The highest BCUT2D eigenvalue weighted by Gasteiger charge is 2.19. The molecule has 0 aliphatic rings. The molecule has 0 fully saturated rings. The van der Waals surface area contributed by atoms with E-state index in [2.05, 4.69) is 27.8 Å². The SMILES string of the molecule is C=CCC(C)NC(=O)c1cccc([N+](=O)[O-])c1Br. The Balaban J connectivity index is 2.96. The molecule has 18 heavy (non-hydrogen) atoms. The highest BCUT2D eigenvalue weighted by Crippen LogP contribution is 2.28. The summed E-state index contributed by atoms with van der Waals surface area (Å²) >= 11 is 3.09. The average Bonchev–Trinajstić information content (AvgIpc) is 2.28. The van der Waals surface area contributed by atoms with Gasteiger partial charge in [-0.1, -0.05) is 12.1 Å². The maximum atomic E-state index is 11.9. The molecule has 0 spiro atoms. The van der Waals surface area contributed by atoms with Crippen LogP contribution in [0.4, 0.5) is 5.69 Å². The molecular weight excluding hydrogens is 300 g/mol. The molecule has 0 radical (unpaired) electrons. The molecule has 6 heteroatoms. The number of nitrogens with one attached hydrogen (secondary N) is 1. The van der Waals surface area contributed by atoms with E-state index < -0.39 is 4.92 Å². The Morgan fingerprint density at radius 3 is 2.89 bits per heavy atom. The maximum absolute atomic E-state index is 11.9. The molecule has 0 aliphatic carbocycles. The van der Waals surface area contributed by atoms with E-state index in [4.69, 9.17) is 0 Å². The number of rotatable bonds is 5. The number of hydrogen-bond acceptors (Lipinski definition) is 3. The quantitative estimate of drug-likeness (QED) is 0.516. The topological polar surface area (TPSA) is 72.2 Å². The van der Waals surface area contributed by atoms with Crippen LogP contribution in [-0.2, 0) is 0 Å². The van der Waals surface area contributed by atoms with E-state index in [9.17, 15) is 14.9 Å². The highest BCUT2D eigenvalue weighted by atomic mass is 79.9.